The number of rotatable bonds is 4. The summed E-state index contributed by atoms with van der Waals surface area (Å²) in [5, 5.41) is 0.798. The molecule has 1 aromatic rings. The molecule has 1 aromatic carbocycles. The zero-order chi connectivity index (χ0) is 11.4. The van der Waals surface area contributed by atoms with Crippen molar-refractivity contribution in [2.75, 3.05) is 7.11 Å². The van der Waals surface area contributed by atoms with Crippen LogP contribution in [0.5, 0.6) is 0 Å². The van der Waals surface area contributed by atoms with E-state index in [0.29, 0.717) is 0 Å². The van der Waals surface area contributed by atoms with Gasteiger partial charge in [-0.05, 0) is 37.5 Å². The number of aryl methyl sites for hydroxylation is 1. The first-order valence-electron chi connectivity index (χ1n) is 5.08. The predicted molar refractivity (Wildman–Crippen MR) is 64.3 cm³/mol. The molecule has 0 spiro atoms. The molecule has 0 bridgehead atoms. The molecule has 0 heterocycles. The van der Waals surface area contributed by atoms with Crippen molar-refractivity contribution in [3.8, 4) is 0 Å². The number of halogens is 1. The summed E-state index contributed by atoms with van der Waals surface area (Å²) in [5.74, 6) is 0. The van der Waals surface area contributed by atoms with E-state index in [1.807, 2.05) is 26.0 Å². The van der Waals surface area contributed by atoms with Gasteiger partial charge in [-0.25, -0.2) is 0 Å². The largest absolute Gasteiger partial charge is 0.380 e. The molecule has 15 heavy (non-hydrogen) atoms. The lowest BCUT2D eigenvalue weighted by Crippen LogP contribution is -2.35. The Morgan fingerprint density at radius 1 is 1.47 bits per heavy atom. The van der Waals surface area contributed by atoms with Crippen molar-refractivity contribution in [3.05, 3.63) is 34.3 Å². The fraction of sp³-hybridized carbons (Fsp3) is 0.500. The molecule has 3 heteroatoms. The first kappa shape index (κ1) is 12.5. The summed E-state index contributed by atoms with van der Waals surface area (Å²) < 4.78 is 5.19. The average Bonchev–Trinajstić information content (AvgIpc) is 2.22. The minimum Gasteiger partial charge on any atom is -0.380 e. The number of nitrogens with two attached hydrogens (primary N) is 1. The molecule has 2 atom stereocenters. The molecule has 0 saturated carbocycles. The standard InChI is InChI=1S/C12H18ClNO/c1-8-6-10(4-5-11(8)13)7-12(14)9(2)15-3/h4-6,9,12H,7,14H2,1-3H3. The van der Waals surface area contributed by atoms with E-state index in [9.17, 15) is 0 Å². The Labute approximate surface area is 96.4 Å². The lowest BCUT2D eigenvalue weighted by atomic mass is 10.0. The first-order valence-corrected chi connectivity index (χ1v) is 5.45. The molecule has 0 saturated heterocycles. The van der Waals surface area contributed by atoms with E-state index < -0.39 is 0 Å². The Morgan fingerprint density at radius 2 is 2.13 bits per heavy atom. The number of hydrogen-bond acceptors (Lipinski definition) is 2. The molecule has 0 aliphatic carbocycles. The third-order valence-corrected chi connectivity index (χ3v) is 3.09. The quantitative estimate of drug-likeness (QED) is 0.858. The van der Waals surface area contributed by atoms with Gasteiger partial charge in [-0.3, -0.25) is 0 Å². The van der Waals surface area contributed by atoms with Crippen LogP contribution in [0.15, 0.2) is 18.2 Å². The lowest BCUT2D eigenvalue weighted by molar-refractivity contribution is 0.0956. The molecule has 2 N–H and O–H groups in total. The van der Waals surface area contributed by atoms with E-state index >= 15 is 0 Å². The van der Waals surface area contributed by atoms with Crippen LogP contribution in [0.1, 0.15) is 18.1 Å². The highest BCUT2D eigenvalue weighted by Gasteiger charge is 2.12. The Morgan fingerprint density at radius 3 is 2.67 bits per heavy atom. The van der Waals surface area contributed by atoms with Crippen molar-refractivity contribution in [2.24, 2.45) is 5.73 Å². The summed E-state index contributed by atoms with van der Waals surface area (Å²) in [4.78, 5) is 0. The zero-order valence-electron chi connectivity index (χ0n) is 9.46. The van der Waals surface area contributed by atoms with Gasteiger partial charge in [-0.1, -0.05) is 23.7 Å². The van der Waals surface area contributed by atoms with Gasteiger partial charge in [0, 0.05) is 18.2 Å². The van der Waals surface area contributed by atoms with E-state index in [4.69, 9.17) is 22.1 Å². The van der Waals surface area contributed by atoms with Crippen LogP contribution in [-0.2, 0) is 11.2 Å². The second-order valence-electron chi connectivity index (χ2n) is 3.89. The third-order valence-electron chi connectivity index (χ3n) is 2.67. The van der Waals surface area contributed by atoms with Gasteiger partial charge in [0.25, 0.3) is 0 Å². The average molecular weight is 228 g/mol. The Kier molecular flexibility index (Phi) is 4.58. The normalized spacial score (nSPS) is 15.0. The second-order valence-corrected chi connectivity index (χ2v) is 4.30. The molecule has 0 aromatic heterocycles. The minimum atomic E-state index is 0.0237. The van der Waals surface area contributed by atoms with Gasteiger partial charge in [0.15, 0.2) is 0 Å². The Bertz CT molecular complexity index is 327. The monoisotopic (exact) mass is 227 g/mol. The summed E-state index contributed by atoms with van der Waals surface area (Å²) in [5.41, 5.74) is 8.28. The summed E-state index contributed by atoms with van der Waals surface area (Å²) in [6.45, 7) is 3.98. The summed E-state index contributed by atoms with van der Waals surface area (Å²) in [6.07, 6.45) is 0.883. The van der Waals surface area contributed by atoms with Crippen molar-refractivity contribution in [1.82, 2.24) is 0 Å². The number of methoxy groups -OCH3 is 1. The first-order chi connectivity index (χ1) is 7.04. The number of hydrogen-bond donors (Lipinski definition) is 1. The van der Waals surface area contributed by atoms with Crippen molar-refractivity contribution >= 4 is 11.6 Å². The molecule has 0 radical (unpaired) electrons. The highest BCUT2D eigenvalue weighted by molar-refractivity contribution is 6.31. The van der Waals surface area contributed by atoms with Gasteiger partial charge in [-0.2, -0.15) is 0 Å². The Hall–Kier alpha value is -0.570. The van der Waals surface area contributed by atoms with E-state index in [-0.39, 0.29) is 12.1 Å². The molecule has 2 unspecified atom stereocenters. The van der Waals surface area contributed by atoms with E-state index in [0.717, 1.165) is 17.0 Å². The van der Waals surface area contributed by atoms with Crippen LogP contribution < -0.4 is 5.73 Å². The molecule has 1 rings (SSSR count). The molecule has 0 aliphatic heterocycles. The number of ether oxygens (including phenoxy) is 1. The molecular weight excluding hydrogens is 210 g/mol. The van der Waals surface area contributed by atoms with Crippen LogP contribution >= 0.6 is 11.6 Å². The van der Waals surface area contributed by atoms with Crippen molar-refractivity contribution in [3.63, 3.8) is 0 Å². The lowest BCUT2D eigenvalue weighted by Gasteiger charge is -2.18. The molecule has 0 fully saturated rings. The van der Waals surface area contributed by atoms with Crippen LogP contribution in [-0.4, -0.2) is 19.3 Å². The maximum atomic E-state index is 5.99. The maximum Gasteiger partial charge on any atom is 0.0697 e. The molecule has 0 amide bonds. The van der Waals surface area contributed by atoms with Crippen LogP contribution in [0.25, 0.3) is 0 Å². The fourth-order valence-corrected chi connectivity index (χ4v) is 1.56. The van der Waals surface area contributed by atoms with Crippen LogP contribution in [0.4, 0.5) is 0 Å². The van der Waals surface area contributed by atoms with E-state index in [1.165, 1.54) is 5.56 Å². The van der Waals surface area contributed by atoms with Gasteiger partial charge in [0.1, 0.15) is 0 Å². The summed E-state index contributed by atoms with van der Waals surface area (Å²) >= 11 is 5.95. The van der Waals surface area contributed by atoms with Gasteiger partial charge in [-0.15, -0.1) is 0 Å². The maximum absolute atomic E-state index is 5.99. The molecule has 84 valence electrons. The van der Waals surface area contributed by atoms with Gasteiger partial charge in [0.2, 0.25) is 0 Å². The number of benzene rings is 1. The molecule has 2 nitrogen and oxygen atoms in total. The van der Waals surface area contributed by atoms with E-state index in [2.05, 4.69) is 6.07 Å². The fourth-order valence-electron chi connectivity index (χ4n) is 1.45. The zero-order valence-corrected chi connectivity index (χ0v) is 10.2. The second kappa shape index (κ2) is 5.50. The SMILES string of the molecule is COC(C)C(N)Cc1ccc(Cl)c(C)c1. The summed E-state index contributed by atoms with van der Waals surface area (Å²) in [7, 11) is 1.68. The van der Waals surface area contributed by atoms with Crippen LogP contribution in [0.3, 0.4) is 0 Å². The van der Waals surface area contributed by atoms with Gasteiger partial charge < -0.3 is 10.5 Å². The predicted octanol–water partition coefficient (Wildman–Crippen LogP) is 2.55. The van der Waals surface area contributed by atoms with Crippen molar-refractivity contribution in [2.45, 2.75) is 32.4 Å². The van der Waals surface area contributed by atoms with Crippen LogP contribution in [0, 0.1) is 6.92 Å². The summed E-state index contributed by atoms with van der Waals surface area (Å²) in [6, 6.07) is 6.02. The van der Waals surface area contributed by atoms with Gasteiger partial charge in [0.05, 0.1) is 6.10 Å². The smallest absolute Gasteiger partial charge is 0.0697 e. The van der Waals surface area contributed by atoms with E-state index in [1.54, 1.807) is 7.11 Å². The van der Waals surface area contributed by atoms with Crippen molar-refractivity contribution in [1.29, 1.82) is 0 Å². The third kappa shape index (κ3) is 3.49. The van der Waals surface area contributed by atoms with Gasteiger partial charge >= 0.3 is 0 Å². The Balaban J connectivity index is 2.68. The van der Waals surface area contributed by atoms with Crippen molar-refractivity contribution < 1.29 is 4.74 Å². The highest BCUT2D eigenvalue weighted by atomic mass is 35.5. The highest BCUT2D eigenvalue weighted by Crippen LogP contribution is 2.17. The molecular formula is C12H18ClNO. The van der Waals surface area contributed by atoms with Crippen LogP contribution in [0.2, 0.25) is 5.02 Å². The minimum absolute atomic E-state index is 0.0237. The topological polar surface area (TPSA) is 35.2 Å². The molecule has 0 aliphatic rings.